The van der Waals surface area contributed by atoms with Gasteiger partial charge in [-0.2, -0.15) is 8.78 Å². The normalized spacial score (nSPS) is 19.7. The highest BCUT2D eigenvalue weighted by molar-refractivity contribution is 7.97. The second kappa shape index (κ2) is 31.4. The average molecular weight is 1270 g/mol. The van der Waals surface area contributed by atoms with Crippen molar-refractivity contribution in [1.82, 2.24) is 0 Å². The Balaban J connectivity index is 0.000000203. The van der Waals surface area contributed by atoms with Gasteiger partial charge in [0.05, 0.1) is 44.6 Å². The molecule has 486 valence electrons. The average Bonchev–Trinajstić information content (AvgIpc) is 1.63. The molecule has 3 fully saturated rings. The van der Waals surface area contributed by atoms with Crippen molar-refractivity contribution in [2.24, 2.45) is 27.6 Å². The summed E-state index contributed by atoms with van der Waals surface area (Å²) in [6.07, 6.45) is 3.96. The molecule has 0 amide bonds. The third-order valence-corrected chi connectivity index (χ3v) is 20.2. The number of hydrogen-bond acceptors (Lipinski definition) is 15. The number of carbonyl (C=O) groups excluding carboxylic acids is 5. The number of carbonyl (C=O) groups is 5. The maximum absolute atomic E-state index is 13.0. The van der Waals surface area contributed by atoms with Gasteiger partial charge in [0.15, 0.2) is 43.1 Å². The molecule has 7 unspecified atom stereocenters. The Morgan fingerprint density at radius 3 is 1.60 bits per heavy atom. The van der Waals surface area contributed by atoms with Crippen molar-refractivity contribution >= 4 is 50.9 Å². The third-order valence-electron chi connectivity index (χ3n) is 17.0. The van der Waals surface area contributed by atoms with Gasteiger partial charge < -0.3 is 38.1 Å². The summed E-state index contributed by atoms with van der Waals surface area (Å²) in [5, 5.41) is 4.85. The monoisotopic (exact) mass is 1270 g/mol. The largest absolute Gasteiger partial charge is 0.743 e. The topological polar surface area (TPSA) is 218 Å². The number of alkyl halides is 2. The van der Waals surface area contributed by atoms with Crippen LogP contribution in [0.5, 0.6) is 11.5 Å². The van der Waals surface area contributed by atoms with Crippen LogP contribution in [-0.2, 0) is 75.1 Å². The number of phenols is 1. The molecule has 15 nitrogen and oxygen atoms in total. The minimum Gasteiger partial charge on any atom is -0.743 e. The second-order valence-corrected chi connectivity index (χ2v) is 28.7. The van der Waals surface area contributed by atoms with Crippen molar-refractivity contribution in [2.45, 2.75) is 211 Å². The van der Waals surface area contributed by atoms with Crippen LogP contribution in [0.1, 0.15) is 164 Å². The SMILES string of the molecule is CCC(C)(C)C(=O)OC(C)C(F)(F)S(=O)(=O)[O-].CCC(C)(C)C(=O)OC1C2CC3C(=O)OC1C3O2.CCC(C)(C)C(=O)OC1CCCCc2ccccc21.CCC(C)(C)C(=O)Oc1ccc(C)c(O)c1.c1ccc([S+](c2ccccc2)c2ccccc2)cc1. The first-order valence-electron chi connectivity index (χ1n) is 30.5. The van der Waals surface area contributed by atoms with Gasteiger partial charge in [-0.05, 0) is 186 Å². The van der Waals surface area contributed by atoms with Crippen molar-refractivity contribution in [3.63, 3.8) is 0 Å². The van der Waals surface area contributed by atoms with Gasteiger partial charge in [-0.25, -0.2) is 8.42 Å². The van der Waals surface area contributed by atoms with E-state index in [4.69, 9.17) is 23.7 Å². The highest BCUT2D eigenvalue weighted by Gasteiger charge is 2.65. The van der Waals surface area contributed by atoms with Crippen LogP contribution >= 0.6 is 0 Å². The lowest BCUT2D eigenvalue weighted by atomic mass is 9.87. The van der Waals surface area contributed by atoms with Gasteiger partial charge in [-0.3, -0.25) is 24.0 Å². The van der Waals surface area contributed by atoms with E-state index in [1.54, 1.807) is 26.0 Å². The smallest absolute Gasteiger partial charge is 0.369 e. The van der Waals surface area contributed by atoms with Gasteiger partial charge in [0, 0.05) is 6.07 Å². The maximum Gasteiger partial charge on any atom is 0.369 e. The lowest BCUT2D eigenvalue weighted by Crippen LogP contribution is -2.44. The lowest BCUT2D eigenvalue weighted by molar-refractivity contribution is -0.170. The van der Waals surface area contributed by atoms with E-state index in [0.717, 1.165) is 31.2 Å². The van der Waals surface area contributed by atoms with Gasteiger partial charge in [-0.1, -0.05) is 113 Å². The minimum absolute atomic E-state index is 0.0146. The van der Waals surface area contributed by atoms with Crippen LogP contribution in [0.25, 0.3) is 0 Å². The fraction of sp³-hybridized carbons (Fsp3) is 0.500. The van der Waals surface area contributed by atoms with E-state index in [2.05, 4.69) is 114 Å². The molecule has 0 radical (unpaired) electrons. The predicted molar refractivity (Wildman–Crippen MR) is 336 cm³/mol. The molecule has 0 spiro atoms. The molecule has 5 aromatic carbocycles. The molecular formula is C70H90F2O15S2. The van der Waals surface area contributed by atoms with Crippen molar-refractivity contribution in [2.75, 3.05) is 0 Å². The summed E-state index contributed by atoms with van der Waals surface area (Å²) in [5.41, 5.74) is 0.893. The summed E-state index contributed by atoms with van der Waals surface area (Å²) in [6.45, 7) is 24.2. The summed E-state index contributed by atoms with van der Waals surface area (Å²) in [5.74, 6) is -1.40. The van der Waals surface area contributed by atoms with Crippen molar-refractivity contribution < 1.29 is 79.3 Å². The number of benzene rings is 5. The molecule has 3 heterocycles. The number of aryl methyl sites for hydroxylation is 2. The fourth-order valence-electron chi connectivity index (χ4n) is 9.10. The lowest BCUT2D eigenvalue weighted by Gasteiger charge is -2.29. The first-order valence-corrected chi connectivity index (χ1v) is 33.1. The summed E-state index contributed by atoms with van der Waals surface area (Å²) in [7, 11) is -5.87. The quantitative estimate of drug-likeness (QED) is 0.0229. The number of phenolic OH excluding ortho intramolecular Hbond substituents is 1. The summed E-state index contributed by atoms with van der Waals surface area (Å²) >= 11 is 0. The molecule has 3 saturated heterocycles. The summed E-state index contributed by atoms with van der Waals surface area (Å²) in [4.78, 5) is 63.1. The number of ether oxygens (including phenoxy) is 6. The molecule has 0 saturated carbocycles. The molecule has 3 aliphatic heterocycles. The number of fused-ring (bicyclic) bond motifs is 2. The molecule has 7 atom stereocenters. The van der Waals surface area contributed by atoms with E-state index in [1.807, 2.05) is 68.4 Å². The van der Waals surface area contributed by atoms with E-state index < -0.39 is 55.9 Å². The Morgan fingerprint density at radius 1 is 0.652 bits per heavy atom. The van der Waals surface area contributed by atoms with E-state index in [0.29, 0.717) is 38.4 Å². The van der Waals surface area contributed by atoms with Gasteiger partial charge in [0.2, 0.25) is 0 Å². The van der Waals surface area contributed by atoms with E-state index in [-0.39, 0.29) is 70.2 Å². The Bertz CT molecular complexity index is 3170. The Labute approximate surface area is 528 Å². The Kier molecular flexibility index (Phi) is 25.8. The Morgan fingerprint density at radius 2 is 1.11 bits per heavy atom. The standard InChI is InChI=1S/C18H15S.C17H24O2.C13H18O5.C13H18O3.C9H16F2O5S/c1-4-10-16(11-5-1)19(17-12-6-2-7-13-17)18-14-8-3-9-15-18;1-4-17(2,3)16(18)19-15-12-8-6-10-13-9-5-7-11-14(13)15;1-4-13(2,3)12(15)18-9-7-5-6-8(16-7)10(9)17-11(6)14;1-5-13(3,4)12(15)16-10-7-6-9(2)11(14)8-10;1-5-8(3,4)7(12)16-6(2)9(10,11)17(13,14)15/h1-15H;5,7,9,11,15H,4,6,8,10,12H2,1-3H3;6-10H,4-5H2,1-3H3;6-8,14H,5H2,1-4H3;6H,5H2,1-4H3,(H,13,14,15)/q+1;;;;/p-1. The van der Waals surface area contributed by atoms with Crippen LogP contribution in [0, 0.1) is 34.5 Å². The van der Waals surface area contributed by atoms with Crippen LogP contribution in [0.15, 0.2) is 148 Å². The number of esters is 5. The van der Waals surface area contributed by atoms with Gasteiger partial charge in [0.25, 0.3) is 0 Å². The van der Waals surface area contributed by atoms with Crippen LogP contribution in [0.3, 0.4) is 0 Å². The van der Waals surface area contributed by atoms with Gasteiger partial charge in [-0.15, -0.1) is 0 Å². The molecule has 2 bridgehead atoms. The molecule has 5 aromatic rings. The van der Waals surface area contributed by atoms with Crippen molar-refractivity contribution in [1.29, 1.82) is 0 Å². The molecule has 19 heteroatoms. The molecule has 1 aliphatic carbocycles. The summed E-state index contributed by atoms with van der Waals surface area (Å²) in [6, 6.07) is 45.4. The zero-order valence-corrected chi connectivity index (χ0v) is 55.5. The number of rotatable bonds is 17. The predicted octanol–water partition coefficient (Wildman–Crippen LogP) is 14.8. The molecule has 9 rings (SSSR count). The zero-order chi connectivity index (χ0) is 66.3. The number of halogens is 2. The zero-order valence-electron chi connectivity index (χ0n) is 53.8. The maximum atomic E-state index is 13.0. The fourth-order valence-corrected chi connectivity index (χ4v) is 11.7. The van der Waals surface area contributed by atoms with Crippen LogP contribution in [0.2, 0.25) is 0 Å². The highest BCUT2D eigenvalue weighted by Crippen LogP contribution is 2.48. The first-order chi connectivity index (χ1) is 41.7. The van der Waals surface area contributed by atoms with Gasteiger partial charge >= 0.3 is 35.1 Å². The molecule has 89 heavy (non-hydrogen) atoms. The van der Waals surface area contributed by atoms with E-state index in [1.165, 1.54) is 52.1 Å². The molecular weight excluding hydrogens is 1180 g/mol. The summed E-state index contributed by atoms with van der Waals surface area (Å²) < 4.78 is 88.7. The van der Waals surface area contributed by atoms with E-state index >= 15 is 0 Å². The first kappa shape index (κ1) is 73.1. The number of hydrogen-bond donors (Lipinski definition) is 1. The van der Waals surface area contributed by atoms with Crippen molar-refractivity contribution in [3.8, 4) is 11.5 Å². The van der Waals surface area contributed by atoms with Crippen LogP contribution in [0.4, 0.5) is 8.78 Å². The van der Waals surface area contributed by atoms with Crippen LogP contribution in [-0.4, -0.2) is 83.7 Å². The van der Waals surface area contributed by atoms with Crippen LogP contribution < -0.4 is 4.74 Å². The van der Waals surface area contributed by atoms with Crippen molar-refractivity contribution in [3.05, 3.63) is 150 Å². The molecule has 4 aliphatic rings. The number of aromatic hydroxyl groups is 1. The Hall–Kier alpha value is -6.67. The minimum atomic E-state index is -5.86. The van der Waals surface area contributed by atoms with Gasteiger partial charge in [0.1, 0.15) is 23.7 Å². The third kappa shape index (κ3) is 19.2. The highest BCUT2D eigenvalue weighted by atomic mass is 32.2. The van der Waals surface area contributed by atoms with E-state index in [9.17, 15) is 50.8 Å². The second-order valence-electron chi connectivity index (χ2n) is 25.2. The molecule has 0 aromatic heterocycles. The molecule has 1 N–H and O–H groups in total.